The maximum atomic E-state index is 9.07. The number of hydrogen-bond donors (Lipinski definition) is 1. The number of rotatable bonds is 17. The van der Waals surface area contributed by atoms with E-state index in [1.807, 2.05) is 60.7 Å². The normalized spacial score (nSPS) is 11.3. The summed E-state index contributed by atoms with van der Waals surface area (Å²) >= 11 is 0. The van der Waals surface area contributed by atoms with Crippen LogP contribution in [0, 0.1) is 0 Å². The molecule has 0 aliphatic carbocycles. The van der Waals surface area contributed by atoms with Gasteiger partial charge in [-0.1, -0.05) is 26.7 Å². The van der Waals surface area contributed by atoms with Gasteiger partial charge in [-0.15, -0.1) is 5.11 Å². The van der Waals surface area contributed by atoms with Crippen molar-refractivity contribution in [3.63, 3.8) is 0 Å². The van der Waals surface area contributed by atoms with E-state index in [1.165, 1.54) is 0 Å². The first-order valence-corrected chi connectivity index (χ1v) is 13.4. The van der Waals surface area contributed by atoms with Gasteiger partial charge in [-0.3, -0.25) is 0 Å². The first kappa shape index (κ1) is 28.8. The van der Waals surface area contributed by atoms with Crippen molar-refractivity contribution in [3.05, 3.63) is 66.7 Å². The van der Waals surface area contributed by atoms with E-state index in [1.54, 1.807) is 6.07 Å². The molecule has 0 saturated heterocycles. The monoisotopic (exact) mass is 518 g/mol. The molecule has 0 aliphatic rings. The van der Waals surface area contributed by atoms with Gasteiger partial charge in [0.05, 0.1) is 36.9 Å². The van der Waals surface area contributed by atoms with Crippen LogP contribution in [-0.4, -0.2) is 31.5 Å². The summed E-state index contributed by atoms with van der Waals surface area (Å²) in [4.78, 5) is 0. The molecule has 3 rings (SSSR count). The number of hydrogen-bond acceptors (Lipinski definition) is 8. The fourth-order valence-electron chi connectivity index (χ4n) is 3.27. The van der Waals surface area contributed by atoms with E-state index in [0.29, 0.717) is 49.1 Å². The van der Waals surface area contributed by atoms with Crippen LogP contribution in [0.5, 0.6) is 17.2 Å². The van der Waals surface area contributed by atoms with Crippen LogP contribution in [0.25, 0.3) is 0 Å². The maximum absolute atomic E-state index is 9.07. The predicted molar refractivity (Wildman–Crippen MR) is 150 cm³/mol. The zero-order valence-corrected chi connectivity index (χ0v) is 22.4. The molecule has 0 amide bonds. The quantitative estimate of drug-likeness (QED) is 0.142. The molecular formula is C30H38N4O4. The lowest BCUT2D eigenvalue weighted by molar-refractivity contribution is 0.253. The van der Waals surface area contributed by atoms with E-state index in [4.69, 9.17) is 19.3 Å². The Morgan fingerprint density at radius 1 is 0.553 bits per heavy atom. The Kier molecular flexibility index (Phi) is 12.8. The molecule has 1 N–H and O–H groups in total. The maximum Gasteiger partial charge on any atom is 0.149 e. The van der Waals surface area contributed by atoms with Crippen molar-refractivity contribution in [1.29, 1.82) is 0 Å². The Hall–Kier alpha value is -3.78. The minimum atomic E-state index is 0.130. The highest BCUT2D eigenvalue weighted by Gasteiger charge is 2.06. The van der Waals surface area contributed by atoms with Gasteiger partial charge in [0.2, 0.25) is 0 Å². The van der Waals surface area contributed by atoms with Gasteiger partial charge < -0.3 is 19.3 Å². The van der Waals surface area contributed by atoms with Crippen LogP contribution in [0.4, 0.5) is 22.7 Å². The molecule has 0 unspecified atom stereocenters. The molecule has 38 heavy (non-hydrogen) atoms. The minimum absolute atomic E-state index is 0.130. The fraction of sp³-hybridized carbons (Fsp3) is 0.400. The molecule has 0 atom stereocenters. The lowest BCUT2D eigenvalue weighted by Crippen LogP contribution is -1.98. The molecule has 0 fully saturated rings. The second-order valence-corrected chi connectivity index (χ2v) is 8.72. The number of nitrogens with zero attached hydrogens (tertiary/aromatic N) is 4. The number of benzene rings is 3. The van der Waals surface area contributed by atoms with E-state index < -0.39 is 0 Å². The third-order valence-electron chi connectivity index (χ3n) is 5.51. The van der Waals surface area contributed by atoms with E-state index in [2.05, 4.69) is 34.3 Å². The second-order valence-electron chi connectivity index (χ2n) is 8.72. The van der Waals surface area contributed by atoms with Gasteiger partial charge >= 0.3 is 0 Å². The average Bonchev–Trinajstić information content (AvgIpc) is 2.95. The van der Waals surface area contributed by atoms with Crippen LogP contribution in [0.15, 0.2) is 87.2 Å². The summed E-state index contributed by atoms with van der Waals surface area (Å²) in [7, 11) is 0. The highest BCUT2D eigenvalue weighted by Crippen LogP contribution is 2.34. The summed E-state index contributed by atoms with van der Waals surface area (Å²) < 4.78 is 17.4. The van der Waals surface area contributed by atoms with Crippen molar-refractivity contribution < 1.29 is 19.3 Å². The molecule has 8 heteroatoms. The summed E-state index contributed by atoms with van der Waals surface area (Å²) in [6.45, 7) is 6.27. The summed E-state index contributed by atoms with van der Waals surface area (Å²) in [5, 5.41) is 26.5. The van der Waals surface area contributed by atoms with Crippen LogP contribution in [0.3, 0.4) is 0 Å². The lowest BCUT2D eigenvalue weighted by Gasteiger charge is -2.09. The third kappa shape index (κ3) is 10.3. The van der Waals surface area contributed by atoms with E-state index >= 15 is 0 Å². The zero-order valence-electron chi connectivity index (χ0n) is 22.4. The molecule has 0 heterocycles. The molecule has 3 aromatic rings. The van der Waals surface area contributed by atoms with Crippen LogP contribution in [-0.2, 0) is 0 Å². The Bertz CT molecular complexity index is 1130. The van der Waals surface area contributed by atoms with Gasteiger partial charge in [-0.2, -0.15) is 15.3 Å². The molecule has 0 saturated carbocycles. The highest BCUT2D eigenvalue weighted by molar-refractivity contribution is 5.59. The lowest BCUT2D eigenvalue weighted by atomic mass is 10.2. The van der Waals surface area contributed by atoms with Crippen LogP contribution >= 0.6 is 0 Å². The SMILES string of the molecule is CCCCOc1ccc(N=Nc2ccc(N=Nc3ccc(OCCCC)cc3)c(OCCCCO)c2)cc1. The Morgan fingerprint density at radius 3 is 1.61 bits per heavy atom. The number of ether oxygens (including phenoxy) is 3. The molecule has 0 aliphatic heterocycles. The largest absolute Gasteiger partial charge is 0.494 e. The molecule has 3 aromatic carbocycles. The summed E-state index contributed by atoms with van der Waals surface area (Å²) in [5.74, 6) is 2.20. The van der Waals surface area contributed by atoms with E-state index in [-0.39, 0.29) is 6.61 Å². The smallest absolute Gasteiger partial charge is 0.149 e. The van der Waals surface area contributed by atoms with Crippen molar-refractivity contribution in [2.75, 3.05) is 26.4 Å². The van der Waals surface area contributed by atoms with Crippen LogP contribution in [0.2, 0.25) is 0 Å². The second kappa shape index (κ2) is 16.9. The summed E-state index contributed by atoms with van der Waals surface area (Å²) in [6.07, 6.45) is 5.65. The van der Waals surface area contributed by atoms with Crippen molar-refractivity contribution in [1.82, 2.24) is 0 Å². The van der Waals surface area contributed by atoms with Gasteiger partial charge in [0, 0.05) is 12.7 Å². The number of aliphatic hydroxyl groups is 1. The average molecular weight is 519 g/mol. The molecule has 0 bridgehead atoms. The van der Waals surface area contributed by atoms with Crippen molar-refractivity contribution in [3.8, 4) is 17.2 Å². The summed E-state index contributed by atoms with van der Waals surface area (Å²) in [5.41, 5.74) is 2.66. The molecule has 202 valence electrons. The van der Waals surface area contributed by atoms with Crippen LogP contribution < -0.4 is 14.2 Å². The first-order valence-electron chi connectivity index (χ1n) is 13.4. The van der Waals surface area contributed by atoms with Crippen molar-refractivity contribution in [2.24, 2.45) is 20.5 Å². The topological polar surface area (TPSA) is 97.4 Å². The third-order valence-corrected chi connectivity index (χ3v) is 5.51. The Morgan fingerprint density at radius 2 is 1.05 bits per heavy atom. The molecular weight excluding hydrogens is 480 g/mol. The van der Waals surface area contributed by atoms with E-state index in [0.717, 1.165) is 49.3 Å². The molecule has 0 radical (unpaired) electrons. The van der Waals surface area contributed by atoms with Gasteiger partial charge in [0.15, 0.2) is 0 Å². The number of azo groups is 2. The summed E-state index contributed by atoms with van der Waals surface area (Å²) in [6, 6.07) is 20.5. The first-order chi connectivity index (χ1) is 18.7. The molecule has 0 aromatic heterocycles. The molecule has 8 nitrogen and oxygen atoms in total. The van der Waals surface area contributed by atoms with Gasteiger partial charge in [-0.05, 0) is 86.3 Å². The van der Waals surface area contributed by atoms with Crippen molar-refractivity contribution in [2.45, 2.75) is 52.4 Å². The van der Waals surface area contributed by atoms with Gasteiger partial charge in [0.1, 0.15) is 22.9 Å². The fourth-order valence-corrected chi connectivity index (χ4v) is 3.27. The van der Waals surface area contributed by atoms with E-state index in [9.17, 15) is 0 Å². The van der Waals surface area contributed by atoms with Gasteiger partial charge in [-0.25, -0.2) is 0 Å². The highest BCUT2D eigenvalue weighted by atomic mass is 16.5. The molecule has 0 spiro atoms. The van der Waals surface area contributed by atoms with Crippen LogP contribution in [0.1, 0.15) is 52.4 Å². The zero-order chi connectivity index (χ0) is 26.8. The predicted octanol–water partition coefficient (Wildman–Crippen LogP) is 9.03. The number of aliphatic hydroxyl groups excluding tert-OH is 1. The Balaban J connectivity index is 1.69. The van der Waals surface area contributed by atoms with Crippen molar-refractivity contribution >= 4 is 22.7 Å². The number of unbranched alkanes of at least 4 members (excludes halogenated alkanes) is 3. The van der Waals surface area contributed by atoms with Gasteiger partial charge in [0.25, 0.3) is 0 Å². The minimum Gasteiger partial charge on any atom is -0.494 e. The Labute approximate surface area is 225 Å². The standard InChI is InChI=1S/C30H38N4O4/c1-3-5-20-36-27-14-9-24(10-15-27)31-33-26-13-18-29(30(23-26)38-22-8-7-19-35)34-32-25-11-16-28(17-12-25)37-21-6-4-2/h9-18,23,35H,3-8,19-22H2,1-2H3.